The highest BCUT2D eigenvalue weighted by Gasteiger charge is 2.17. The Bertz CT molecular complexity index is 1350. The number of para-hydroxylation sites is 1. The SMILES string of the molecule is CC(C)n1nc(COc2c(C#N)cccc2CC(O)O)c2cc(-c3cccc(CN)c3)ccc21. The molecule has 0 aliphatic carbocycles. The van der Waals surface area contributed by atoms with E-state index >= 15 is 0 Å². The van der Waals surface area contributed by atoms with Crippen LogP contribution in [0.1, 0.15) is 42.3 Å². The molecule has 7 heteroatoms. The van der Waals surface area contributed by atoms with Gasteiger partial charge in [-0.1, -0.05) is 36.4 Å². The first kappa shape index (κ1) is 23.5. The predicted octanol–water partition coefficient (Wildman–Crippen LogP) is 4.05. The van der Waals surface area contributed by atoms with Crippen LogP contribution in [0.3, 0.4) is 0 Å². The highest BCUT2D eigenvalue weighted by atomic mass is 16.5. The van der Waals surface area contributed by atoms with Crippen molar-refractivity contribution < 1.29 is 14.9 Å². The summed E-state index contributed by atoms with van der Waals surface area (Å²) in [6, 6.07) is 21.7. The van der Waals surface area contributed by atoms with Gasteiger partial charge in [0.25, 0.3) is 0 Å². The van der Waals surface area contributed by atoms with Gasteiger partial charge in [-0.2, -0.15) is 10.4 Å². The number of aliphatic hydroxyl groups excluding tert-OH is 1. The van der Waals surface area contributed by atoms with Crippen molar-refractivity contribution in [3.63, 3.8) is 0 Å². The Balaban J connectivity index is 1.75. The molecule has 7 nitrogen and oxygen atoms in total. The standard InChI is InChI=1S/C27H28N4O3/c1-17(2)31-25-10-9-20(19-6-3-5-18(11-19)14-28)12-23(25)24(30-31)16-34-27-21(13-26(32)33)7-4-8-22(27)15-29/h3-12,17,26,32-33H,13-14,16,28H2,1-2H3. The number of benzene rings is 3. The topological polar surface area (TPSA) is 117 Å². The zero-order chi connectivity index (χ0) is 24.2. The molecular weight excluding hydrogens is 428 g/mol. The van der Waals surface area contributed by atoms with E-state index in [2.05, 4.69) is 50.2 Å². The maximum Gasteiger partial charge on any atom is 0.155 e. The van der Waals surface area contributed by atoms with Crippen molar-refractivity contribution in [3.8, 4) is 22.9 Å². The average Bonchev–Trinajstić information content (AvgIpc) is 3.21. The fourth-order valence-electron chi connectivity index (χ4n) is 4.10. The van der Waals surface area contributed by atoms with E-state index < -0.39 is 6.29 Å². The second-order valence-electron chi connectivity index (χ2n) is 8.50. The Hall–Kier alpha value is -3.70. The van der Waals surface area contributed by atoms with Crippen LogP contribution < -0.4 is 10.5 Å². The van der Waals surface area contributed by atoms with E-state index in [4.69, 9.17) is 15.6 Å². The van der Waals surface area contributed by atoms with Gasteiger partial charge in [-0.25, -0.2) is 0 Å². The van der Waals surface area contributed by atoms with Crippen molar-refractivity contribution in [2.24, 2.45) is 5.73 Å². The van der Waals surface area contributed by atoms with Gasteiger partial charge >= 0.3 is 0 Å². The van der Waals surface area contributed by atoms with E-state index in [1.165, 1.54) is 0 Å². The summed E-state index contributed by atoms with van der Waals surface area (Å²) in [6.45, 7) is 4.75. The van der Waals surface area contributed by atoms with Gasteiger partial charge in [-0.05, 0) is 54.8 Å². The Morgan fingerprint density at radius 2 is 1.82 bits per heavy atom. The van der Waals surface area contributed by atoms with E-state index in [1.54, 1.807) is 18.2 Å². The summed E-state index contributed by atoms with van der Waals surface area (Å²) in [5, 5.41) is 34.2. The number of ether oxygens (including phenoxy) is 1. The van der Waals surface area contributed by atoms with Gasteiger partial charge in [0.1, 0.15) is 24.1 Å². The molecule has 0 atom stereocenters. The molecule has 4 N–H and O–H groups in total. The lowest BCUT2D eigenvalue weighted by molar-refractivity contribution is -0.0385. The molecule has 1 heterocycles. The van der Waals surface area contributed by atoms with Gasteiger partial charge in [0.05, 0.1) is 11.1 Å². The normalized spacial score (nSPS) is 11.4. The van der Waals surface area contributed by atoms with Gasteiger partial charge in [-0.3, -0.25) is 4.68 Å². The third-order valence-corrected chi connectivity index (χ3v) is 5.74. The molecule has 174 valence electrons. The van der Waals surface area contributed by atoms with E-state index in [-0.39, 0.29) is 19.1 Å². The van der Waals surface area contributed by atoms with Crippen molar-refractivity contribution in [1.29, 1.82) is 5.26 Å². The van der Waals surface area contributed by atoms with E-state index in [0.29, 0.717) is 23.4 Å². The molecule has 1 aromatic heterocycles. The highest BCUT2D eigenvalue weighted by Crippen LogP contribution is 2.31. The first-order valence-electron chi connectivity index (χ1n) is 11.2. The third-order valence-electron chi connectivity index (χ3n) is 5.74. The summed E-state index contributed by atoms with van der Waals surface area (Å²) in [5.41, 5.74) is 11.6. The molecule has 0 unspecified atom stereocenters. The summed E-state index contributed by atoms with van der Waals surface area (Å²) < 4.78 is 8.05. The molecule has 4 rings (SSSR count). The summed E-state index contributed by atoms with van der Waals surface area (Å²) >= 11 is 0. The van der Waals surface area contributed by atoms with Gasteiger partial charge < -0.3 is 20.7 Å². The molecule has 0 spiro atoms. The van der Waals surface area contributed by atoms with E-state index in [9.17, 15) is 15.5 Å². The first-order valence-corrected chi connectivity index (χ1v) is 11.2. The fraction of sp³-hybridized carbons (Fsp3) is 0.259. The van der Waals surface area contributed by atoms with Gasteiger partial charge in [0.15, 0.2) is 6.29 Å². The van der Waals surface area contributed by atoms with Gasteiger partial charge in [-0.15, -0.1) is 0 Å². The number of fused-ring (bicyclic) bond motifs is 1. The summed E-state index contributed by atoms with van der Waals surface area (Å²) in [5.74, 6) is 0.345. The molecular formula is C27H28N4O3. The molecule has 0 aliphatic heterocycles. The lowest BCUT2D eigenvalue weighted by atomic mass is 10.0. The Kier molecular flexibility index (Phi) is 6.94. The molecule has 0 radical (unpaired) electrons. The highest BCUT2D eigenvalue weighted by molar-refractivity contribution is 5.87. The van der Waals surface area contributed by atoms with Crippen LogP contribution in [0.5, 0.6) is 5.75 Å². The lowest BCUT2D eigenvalue weighted by Crippen LogP contribution is -2.11. The van der Waals surface area contributed by atoms with Crippen molar-refractivity contribution in [3.05, 3.63) is 83.0 Å². The lowest BCUT2D eigenvalue weighted by Gasteiger charge is -2.13. The quantitative estimate of drug-likeness (QED) is 0.344. The summed E-state index contributed by atoms with van der Waals surface area (Å²) in [6.07, 6.45) is -1.57. The smallest absolute Gasteiger partial charge is 0.155 e. The monoisotopic (exact) mass is 456 g/mol. The number of rotatable bonds is 8. The van der Waals surface area contributed by atoms with Crippen molar-refractivity contribution in [1.82, 2.24) is 9.78 Å². The number of nitrogens with two attached hydrogens (primary N) is 1. The fourth-order valence-corrected chi connectivity index (χ4v) is 4.10. The maximum absolute atomic E-state index is 9.54. The number of hydrogen-bond acceptors (Lipinski definition) is 6. The molecule has 34 heavy (non-hydrogen) atoms. The number of nitrogens with zero attached hydrogens (tertiary/aromatic N) is 3. The predicted molar refractivity (Wildman–Crippen MR) is 131 cm³/mol. The molecule has 0 aliphatic rings. The molecule has 0 amide bonds. The molecule has 0 saturated carbocycles. The van der Waals surface area contributed by atoms with Crippen LogP contribution in [0.4, 0.5) is 0 Å². The second kappa shape index (κ2) is 10.1. The van der Waals surface area contributed by atoms with Crippen molar-refractivity contribution >= 4 is 10.9 Å². The Morgan fingerprint density at radius 1 is 1.06 bits per heavy atom. The van der Waals surface area contributed by atoms with Crippen LogP contribution in [0, 0.1) is 11.3 Å². The minimum Gasteiger partial charge on any atom is -0.486 e. The molecule has 0 saturated heterocycles. The second-order valence-corrected chi connectivity index (χ2v) is 8.50. The first-order chi connectivity index (χ1) is 16.4. The van der Waals surface area contributed by atoms with Crippen LogP contribution in [0.25, 0.3) is 22.0 Å². The van der Waals surface area contributed by atoms with E-state index in [0.717, 1.165) is 33.3 Å². The number of hydrogen-bond donors (Lipinski definition) is 3. The number of aliphatic hydroxyl groups is 2. The maximum atomic E-state index is 9.54. The van der Waals surface area contributed by atoms with Crippen LogP contribution in [0.2, 0.25) is 0 Å². The third kappa shape index (κ3) is 4.80. The summed E-state index contributed by atoms with van der Waals surface area (Å²) in [4.78, 5) is 0. The van der Waals surface area contributed by atoms with Crippen LogP contribution in [-0.4, -0.2) is 26.3 Å². The Labute approximate surface area is 198 Å². The number of aromatic nitrogens is 2. The van der Waals surface area contributed by atoms with Crippen molar-refractivity contribution in [2.45, 2.75) is 45.8 Å². The van der Waals surface area contributed by atoms with Crippen LogP contribution >= 0.6 is 0 Å². The zero-order valence-corrected chi connectivity index (χ0v) is 19.3. The molecule has 3 aromatic carbocycles. The molecule has 4 aromatic rings. The molecule has 0 bridgehead atoms. The average molecular weight is 457 g/mol. The van der Waals surface area contributed by atoms with Crippen LogP contribution in [0.15, 0.2) is 60.7 Å². The Morgan fingerprint density at radius 3 is 2.53 bits per heavy atom. The molecule has 0 fully saturated rings. The minimum atomic E-state index is -1.54. The van der Waals surface area contributed by atoms with Gasteiger partial charge in [0.2, 0.25) is 0 Å². The number of nitriles is 1. The summed E-state index contributed by atoms with van der Waals surface area (Å²) in [7, 11) is 0. The van der Waals surface area contributed by atoms with Crippen molar-refractivity contribution in [2.75, 3.05) is 0 Å². The van der Waals surface area contributed by atoms with Gasteiger partial charge in [0, 0.05) is 30.0 Å². The van der Waals surface area contributed by atoms with Crippen LogP contribution in [-0.2, 0) is 19.6 Å². The largest absolute Gasteiger partial charge is 0.486 e. The van der Waals surface area contributed by atoms with E-state index in [1.807, 2.05) is 16.8 Å². The zero-order valence-electron chi connectivity index (χ0n) is 19.3. The minimum absolute atomic E-state index is 0.0341.